The van der Waals surface area contributed by atoms with Crippen LogP contribution in [0.25, 0.3) is 0 Å². The highest BCUT2D eigenvalue weighted by atomic mass is 19.1. The van der Waals surface area contributed by atoms with Gasteiger partial charge in [-0.2, -0.15) is 0 Å². The van der Waals surface area contributed by atoms with E-state index in [0.717, 1.165) is 12.1 Å². The van der Waals surface area contributed by atoms with E-state index in [4.69, 9.17) is 4.74 Å². The quantitative estimate of drug-likeness (QED) is 0.880. The average Bonchev–Trinajstić information content (AvgIpc) is 2.26. The number of hydrogen-bond acceptors (Lipinski definition) is 2. The number of rotatable bonds is 5. The third kappa shape index (κ3) is 4.07. The van der Waals surface area contributed by atoms with E-state index in [0.29, 0.717) is 0 Å². The second-order valence-electron chi connectivity index (χ2n) is 4.28. The summed E-state index contributed by atoms with van der Waals surface area (Å²) in [5.74, 6) is -1.75. The molecule has 1 amide bonds. The van der Waals surface area contributed by atoms with Crippen molar-refractivity contribution in [3.63, 3.8) is 0 Å². The molecule has 0 heterocycles. The van der Waals surface area contributed by atoms with Crippen molar-refractivity contribution in [2.75, 3.05) is 6.61 Å². The molecule has 18 heavy (non-hydrogen) atoms. The van der Waals surface area contributed by atoms with Gasteiger partial charge in [-0.15, -0.1) is 0 Å². The van der Waals surface area contributed by atoms with Gasteiger partial charge in [0.1, 0.15) is 18.2 Å². The van der Waals surface area contributed by atoms with Crippen molar-refractivity contribution < 1.29 is 18.3 Å². The standard InChI is InChI=1S/C13H17F2NO2/c1-8(2)18-7-12(17)16-9(3)13-10(14)5-4-6-11(13)15/h4-6,8-9H,7H2,1-3H3,(H,16,17). The molecule has 0 spiro atoms. The van der Waals surface area contributed by atoms with E-state index in [9.17, 15) is 13.6 Å². The molecule has 0 aromatic heterocycles. The van der Waals surface area contributed by atoms with E-state index < -0.39 is 23.6 Å². The summed E-state index contributed by atoms with van der Waals surface area (Å²) in [7, 11) is 0. The molecule has 0 bridgehead atoms. The number of amides is 1. The monoisotopic (exact) mass is 257 g/mol. The van der Waals surface area contributed by atoms with E-state index in [1.165, 1.54) is 13.0 Å². The smallest absolute Gasteiger partial charge is 0.246 e. The molecule has 1 aromatic rings. The van der Waals surface area contributed by atoms with Crippen LogP contribution in [0, 0.1) is 11.6 Å². The minimum atomic E-state index is -0.741. The van der Waals surface area contributed by atoms with Crippen LogP contribution in [0.3, 0.4) is 0 Å². The molecule has 0 radical (unpaired) electrons. The van der Waals surface area contributed by atoms with Crippen LogP contribution in [0.15, 0.2) is 18.2 Å². The summed E-state index contributed by atoms with van der Waals surface area (Å²) in [5.41, 5.74) is -0.143. The molecule has 0 saturated carbocycles. The van der Waals surface area contributed by atoms with E-state index in [1.54, 1.807) is 13.8 Å². The molecule has 0 aliphatic heterocycles. The van der Waals surface area contributed by atoms with Crippen molar-refractivity contribution >= 4 is 5.91 Å². The summed E-state index contributed by atoms with van der Waals surface area (Å²) < 4.78 is 32.0. The predicted molar refractivity (Wildman–Crippen MR) is 64.0 cm³/mol. The molecule has 1 N–H and O–H groups in total. The molecule has 1 unspecified atom stereocenters. The summed E-state index contributed by atoms with van der Waals surface area (Å²) in [6.45, 7) is 4.99. The Hall–Kier alpha value is -1.49. The lowest BCUT2D eigenvalue weighted by molar-refractivity contribution is -0.127. The summed E-state index contributed by atoms with van der Waals surface area (Å²) in [5, 5.41) is 2.49. The van der Waals surface area contributed by atoms with Crippen LogP contribution >= 0.6 is 0 Å². The highest BCUT2D eigenvalue weighted by Crippen LogP contribution is 2.19. The molecular formula is C13H17F2NO2. The predicted octanol–water partition coefficient (Wildman–Crippen LogP) is 2.57. The van der Waals surface area contributed by atoms with Crippen LogP contribution in [0.5, 0.6) is 0 Å². The Morgan fingerprint density at radius 2 is 1.83 bits per heavy atom. The number of hydrogen-bond donors (Lipinski definition) is 1. The zero-order chi connectivity index (χ0) is 13.7. The first-order valence-electron chi connectivity index (χ1n) is 5.76. The fraction of sp³-hybridized carbons (Fsp3) is 0.462. The third-order valence-electron chi connectivity index (χ3n) is 2.36. The van der Waals surface area contributed by atoms with Crippen LogP contribution in [0.4, 0.5) is 8.78 Å². The Balaban J connectivity index is 2.65. The number of halogens is 2. The normalized spacial score (nSPS) is 12.6. The maximum absolute atomic E-state index is 13.4. The van der Waals surface area contributed by atoms with Gasteiger partial charge in [0.15, 0.2) is 0 Å². The second-order valence-corrected chi connectivity index (χ2v) is 4.28. The Kier molecular flexibility index (Phi) is 5.22. The van der Waals surface area contributed by atoms with Crippen LogP contribution in [-0.2, 0) is 9.53 Å². The van der Waals surface area contributed by atoms with Crippen molar-refractivity contribution in [1.29, 1.82) is 0 Å². The molecule has 0 aliphatic carbocycles. The van der Waals surface area contributed by atoms with Gasteiger partial charge in [0.2, 0.25) is 5.91 Å². The van der Waals surface area contributed by atoms with Crippen molar-refractivity contribution in [2.45, 2.75) is 32.9 Å². The number of benzene rings is 1. The summed E-state index contributed by atoms with van der Waals surface area (Å²) in [4.78, 5) is 11.5. The number of ether oxygens (including phenoxy) is 1. The molecule has 5 heteroatoms. The van der Waals surface area contributed by atoms with Crippen LogP contribution in [0.1, 0.15) is 32.4 Å². The van der Waals surface area contributed by atoms with Gasteiger partial charge in [-0.3, -0.25) is 4.79 Å². The van der Waals surface area contributed by atoms with E-state index in [1.807, 2.05) is 0 Å². The van der Waals surface area contributed by atoms with Gasteiger partial charge in [0.25, 0.3) is 0 Å². The number of nitrogens with one attached hydrogen (secondary N) is 1. The molecule has 0 saturated heterocycles. The number of carbonyl (C=O) groups is 1. The molecular weight excluding hydrogens is 240 g/mol. The first-order chi connectivity index (χ1) is 8.41. The second kappa shape index (κ2) is 6.44. The van der Waals surface area contributed by atoms with E-state index >= 15 is 0 Å². The minimum absolute atomic E-state index is 0.0729. The third-order valence-corrected chi connectivity index (χ3v) is 2.36. The average molecular weight is 257 g/mol. The lowest BCUT2D eigenvalue weighted by atomic mass is 10.1. The summed E-state index contributed by atoms with van der Waals surface area (Å²) in [6.07, 6.45) is -0.0729. The Morgan fingerprint density at radius 3 is 2.33 bits per heavy atom. The highest BCUT2D eigenvalue weighted by molar-refractivity contribution is 5.77. The van der Waals surface area contributed by atoms with Gasteiger partial charge < -0.3 is 10.1 Å². The molecule has 1 aromatic carbocycles. The van der Waals surface area contributed by atoms with Gasteiger partial charge >= 0.3 is 0 Å². The van der Waals surface area contributed by atoms with E-state index in [2.05, 4.69) is 5.32 Å². The largest absolute Gasteiger partial charge is 0.369 e. The zero-order valence-electron chi connectivity index (χ0n) is 10.7. The fourth-order valence-electron chi connectivity index (χ4n) is 1.52. The van der Waals surface area contributed by atoms with Crippen LogP contribution < -0.4 is 5.32 Å². The first-order valence-corrected chi connectivity index (χ1v) is 5.76. The highest BCUT2D eigenvalue weighted by Gasteiger charge is 2.17. The Bertz CT molecular complexity index is 401. The van der Waals surface area contributed by atoms with Crippen molar-refractivity contribution in [3.05, 3.63) is 35.4 Å². The van der Waals surface area contributed by atoms with Crippen molar-refractivity contribution in [1.82, 2.24) is 5.32 Å². The van der Waals surface area contributed by atoms with Gasteiger partial charge in [0, 0.05) is 5.56 Å². The van der Waals surface area contributed by atoms with Crippen molar-refractivity contribution in [3.8, 4) is 0 Å². The fourth-order valence-corrected chi connectivity index (χ4v) is 1.52. The van der Waals surface area contributed by atoms with Gasteiger partial charge in [0.05, 0.1) is 12.1 Å². The topological polar surface area (TPSA) is 38.3 Å². The molecule has 3 nitrogen and oxygen atoms in total. The summed E-state index contributed by atoms with van der Waals surface area (Å²) >= 11 is 0. The maximum Gasteiger partial charge on any atom is 0.246 e. The maximum atomic E-state index is 13.4. The van der Waals surface area contributed by atoms with Crippen molar-refractivity contribution in [2.24, 2.45) is 0 Å². The first kappa shape index (κ1) is 14.6. The molecule has 1 atom stereocenters. The lowest BCUT2D eigenvalue weighted by Gasteiger charge is -2.16. The van der Waals surface area contributed by atoms with Crippen LogP contribution in [0.2, 0.25) is 0 Å². The number of carbonyl (C=O) groups excluding carboxylic acids is 1. The molecule has 100 valence electrons. The Labute approximate surface area is 105 Å². The van der Waals surface area contributed by atoms with Crippen LogP contribution in [-0.4, -0.2) is 18.6 Å². The van der Waals surface area contributed by atoms with Gasteiger partial charge in [-0.05, 0) is 32.9 Å². The van der Waals surface area contributed by atoms with Gasteiger partial charge in [-0.25, -0.2) is 8.78 Å². The van der Waals surface area contributed by atoms with E-state index in [-0.39, 0.29) is 18.3 Å². The molecule has 0 fully saturated rings. The summed E-state index contributed by atoms with van der Waals surface area (Å²) in [6, 6.07) is 2.86. The lowest BCUT2D eigenvalue weighted by Crippen LogP contribution is -2.32. The zero-order valence-corrected chi connectivity index (χ0v) is 10.7. The van der Waals surface area contributed by atoms with Gasteiger partial charge in [-0.1, -0.05) is 6.07 Å². The SMILES string of the molecule is CC(C)OCC(=O)NC(C)c1c(F)cccc1F. The molecule has 1 rings (SSSR count). The minimum Gasteiger partial charge on any atom is -0.369 e. The molecule has 0 aliphatic rings. The Morgan fingerprint density at radius 1 is 1.28 bits per heavy atom.